The molecule has 1 aliphatic heterocycles. The summed E-state index contributed by atoms with van der Waals surface area (Å²) in [6, 6.07) is 11.7. The Morgan fingerprint density at radius 3 is 2.70 bits per heavy atom. The van der Waals surface area contributed by atoms with Crippen LogP contribution in [0, 0.1) is 0 Å². The highest BCUT2D eigenvalue weighted by atomic mass is 35.5. The summed E-state index contributed by atoms with van der Waals surface area (Å²) in [5.74, 6) is -0.0113. The summed E-state index contributed by atoms with van der Waals surface area (Å²) in [5, 5.41) is 2.84. The van der Waals surface area contributed by atoms with Crippen molar-refractivity contribution in [2.75, 3.05) is 17.5 Å². The average Bonchev–Trinajstić information content (AvgIpc) is 3.05. The lowest BCUT2D eigenvalue weighted by atomic mass is 10.2. The van der Waals surface area contributed by atoms with Crippen molar-refractivity contribution in [1.29, 1.82) is 0 Å². The molecule has 2 aromatic rings. The second-order valence-corrected chi connectivity index (χ2v) is 8.83. The second-order valence-electron chi connectivity index (χ2n) is 6.56. The molecule has 8 heteroatoms. The smallest absolute Gasteiger partial charge is 0.264 e. The Morgan fingerprint density at radius 1 is 1.26 bits per heavy atom. The monoisotopic (exact) mass is 408 g/mol. The summed E-state index contributed by atoms with van der Waals surface area (Å²) in [5.41, 5.74) is 1.70. The standard InChI is InChI=1S/C19H21ClN2O4S/c1-13(2)21-19(23)12-26-18-8-7-15(11-16(18)20)27(24,25)22-10-9-14-5-3-4-6-17(14)22/h3-8,11,13H,9-10,12H2,1-2H3,(H,21,23). The maximum atomic E-state index is 13.0. The van der Waals surface area contributed by atoms with E-state index in [4.69, 9.17) is 16.3 Å². The first-order chi connectivity index (χ1) is 12.8. The zero-order valence-electron chi connectivity index (χ0n) is 15.1. The molecule has 0 saturated carbocycles. The first kappa shape index (κ1) is 19.5. The predicted molar refractivity (Wildman–Crippen MR) is 105 cm³/mol. The minimum absolute atomic E-state index is 0.00688. The van der Waals surface area contributed by atoms with E-state index in [1.807, 2.05) is 32.0 Å². The number of carbonyl (C=O) groups is 1. The van der Waals surface area contributed by atoms with Crippen LogP contribution in [-0.2, 0) is 21.2 Å². The van der Waals surface area contributed by atoms with Crippen LogP contribution in [0.2, 0.25) is 5.02 Å². The molecule has 0 fully saturated rings. The van der Waals surface area contributed by atoms with Crippen molar-refractivity contribution in [1.82, 2.24) is 5.32 Å². The van der Waals surface area contributed by atoms with Crippen LogP contribution in [-0.4, -0.2) is 33.5 Å². The number of sulfonamides is 1. The predicted octanol–water partition coefficient (Wildman–Crippen LogP) is 2.99. The van der Waals surface area contributed by atoms with Gasteiger partial charge in [0.05, 0.1) is 15.6 Å². The molecule has 1 amide bonds. The number of anilines is 1. The largest absolute Gasteiger partial charge is 0.482 e. The lowest BCUT2D eigenvalue weighted by Gasteiger charge is -2.20. The molecule has 3 rings (SSSR count). The van der Waals surface area contributed by atoms with Gasteiger partial charge in [0, 0.05) is 12.6 Å². The lowest BCUT2D eigenvalue weighted by Crippen LogP contribution is -2.34. The maximum Gasteiger partial charge on any atom is 0.264 e. The second kappa shape index (κ2) is 7.78. The van der Waals surface area contributed by atoms with Crippen LogP contribution in [0.1, 0.15) is 19.4 Å². The Balaban J connectivity index is 1.78. The molecule has 6 nitrogen and oxygen atoms in total. The third kappa shape index (κ3) is 4.20. The van der Waals surface area contributed by atoms with Crippen LogP contribution in [0.4, 0.5) is 5.69 Å². The Morgan fingerprint density at radius 2 is 2.00 bits per heavy atom. The summed E-state index contributed by atoms with van der Waals surface area (Å²) in [6.07, 6.45) is 0.676. The molecule has 0 unspecified atom stereocenters. The topological polar surface area (TPSA) is 75.7 Å². The summed E-state index contributed by atoms with van der Waals surface area (Å²) in [4.78, 5) is 11.8. The molecule has 0 radical (unpaired) electrons. The number of ether oxygens (including phenoxy) is 1. The Bertz CT molecular complexity index is 960. The molecule has 1 heterocycles. The van der Waals surface area contributed by atoms with E-state index in [1.54, 1.807) is 6.07 Å². The molecule has 144 valence electrons. The van der Waals surface area contributed by atoms with Crippen LogP contribution >= 0.6 is 11.6 Å². The fraction of sp³-hybridized carbons (Fsp3) is 0.316. The van der Waals surface area contributed by atoms with Gasteiger partial charge in [-0.15, -0.1) is 0 Å². The first-order valence-corrected chi connectivity index (χ1v) is 10.4. The minimum Gasteiger partial charge on any atom is -0.482 e. The number of rotatable bonds is 6. The highest BCUT2D eigenvalue weighted by molar-refractivity contribution is 7.92. The summed E-state index contributed by atoms with van der Waals surface area (Å²) < 4.78 is 32.8. The van der Waals surface area contributed by atoms with Gasteiger partial charge in [-0.25, -0.2) is 8.42 Å². The fourth-order valence-electron chi connectivity index (χ4n) is 2.95. The first-order valence-electron chi connectivity index (χ1n) is 8.61. The van der Waals surface area contributed by atoms with Gasteiger partial charge >= 0.3 is 0 Å². The molecule has 0 bridgehead atoms. The van der Waals surface area contributed by atoms with Crippen molar-refractivity contribution in [2.45, 2.75) is 31.2 Å². The zero-order valence-corrected chi connectivity index (χ0v) is 16.7. The van der Waals surface area contributed by atoms with Gasteiger partial charge in [0.25, 0.3) is 15.9 Å². The van der Waals surface area contributed by atoms with Gasteiger partial charge in [-0.05, 0) is 50.1 Å². The molecule has 0 atom stereocenters. The van der Waals surface area contributed by atoms with E-state index in [0.29, 0.717) is 18.7 Å². The van der Waals surface area contributed by atoms with Crippen molar-refractivity contribution in [3.8, 4) is 5.75 Å². The third-order valence-corrected chi connectivity index (χ3v) is 6.25. The number of hydrogen-bond acceptors (Lipinski definition) is 4. The molecule has 27 heavy (non-hydrogen) atoms. The van der Waals surface area contributed by atoms with E-state index in [1.165, 1.54) is 22.5 Å². The molecule has 0 spiro atoms. The van der Waals surface area contributed by atoms with Gasteiger partial charge in [0.15, 0.2) is 6.61 Å². The number of benzene rings is 2. The number of halogens is 1. The Hall–Kier alpha value is -2.25. The number of hydrogen-bond donors (Lipinski definition) is 1. The van der Waals surface area contributed by atoms with Crippen molar-refractivity contribution < 1.29 is 17.9 Å². The number of carbonyl (C=O) groups excluding carboxylic acids is 1. The van der Waals surface area contributed by atoms with Crippen molar-refractivity contribution >= 4 is 33.2 Å². The Labute approximate surface area is 164 Å². The van der Waals surface area contributed by atoms with E-state index < -0.39 is 10.0 Å². The summed E-state index contributed by atoms with van der Waals surface area (Å²) in [7, 11) is -3.72. The fourth-order valence-corrected chi connectivity index (χ4v) is 4.78. The number of fused-ring (bicyclic) bond motifs is 1. The molecule has 2 aromatic carbocycles. The zero-order chi connectivity index (χ0) is 19.6. The van der Waals surface area contributed by atoms with Crippen molar-refractivity contribution in [2.24, 2.45) is 0 Å². The molecular formula is C19H21ClN2O4S. The molecular weight excluding hydrogens is 388 g/mol. The average molecular weight is 409 g/mol. The lowest BCUT2D eigenvalue weighted by molar-refractivity contribution is -0.123. The molecule has 0 aromatic heterocycles. The van der Waals surface area contributed by atoms with Crippen LogP contribution in [0.15, 0.2) is 47.4 Å². The van der Waals surface area contributed by atoms with Crippen molar-refractivity contribution in [3.63, 3.8) is 0 Å². The highest BCUT2D eigenvalue weighted by Crippen LogP contribution is 2.34. The van der Waals surface area contributed by atoms with E-state index >= 15 is 0 Å². The van der Waals surface area contributed by atoms with Gasteiger partial charge in [0.1, 0.15) is 5.75 Å². The van der Waals surface area contributed by atoms with E-state index in [-0.39, 0.29) is 34.2 Å². The normalized spacial score (nSPS) is 13.6. The number of para-hydroxylation sites is 1. The van der Waals surface area contributed by atoms with E-state index in [0.717, 1.165) is 5.56 Å². The number of nitrogens with zero attached hydrogens (tertiary/aromatic N) is 1. The third-order valence-electron chi connectivity index (χ3n) is 4.14. The van der Waals surface area contributed by atoms with Crippen LogP contribution in [0.25, 0.3) is 0 Å². The van der Waals surface area contributed by atoms with E-state index in [9.17, 15) is 13.2 Å². The molecule has 1 aliphatic rings. The van der Waals surface area contributed by atoms with Crippen LogP contribution < -0.4 is 14.4 Å². The van der Waals surface area contributed by atoms with Gasteiger partial charge in [-0.3, -0.25) is 9.10 Å². The van der Waals surface area contributed by atoms with Crippen LogP contribution in [0.5, 0.6) is 5.75 Å². The van der Waals surface area contributed by atoms with E-state index in [2.05, 4.69) is 5.32 Å². The molecule has 0 saturated heterocycles. The van der Waals surface area contributed by atoms with Crippen molar-refractivity contribution in [3.05, 3.63) is 53.1 Å². The van der Waals surface area contributed by atoms with Gasteiger partial charge in [0.2, 0.25) is 0 Å². The SMILES string of the molecule is CC(C)NC(=O)COc1ccc(S(=O)(=O)N2CCc3ccccc32)cc1Cl. The summed E-state index contributed by atoms with van der Waals surface area (Å²) in [6.45, 7) is 3.90. The Kier molecular flexibility index (Phi) is 5.62. The quantitative estimate of drug-likeness (QED) is 0.797. The maximum absolute atomic E-state index is 13.0. The van der Waals surface area contributed by atoms with Crippen LogP contribution in [0.3, 0.4) is 0 Å². The number of amides is 1. The summed E-state index contributed by atoms with van der Waals surface area (Å²) >= 11 is 6.19. The minimum atomic E-state index is -3.72. The highest BCUT2D eigenvalue weighted by Gasteiger charge is 2.31. The molecule has 0 aliphatic carbocycles. The van der Waals surface area contributed by atoms with Gasteiger partial charge in [-0.2, -0.15) is 0 Å². The van der Waals surface area contributed by atoms with Gasteiger partial charge in [-0.1, -0.05) is 29.8 Å². The molecule has 1 N–H and O–H groups in total. The number of nitrogens with one attached hydrogen (secondary N) is 1. The van der Waals surface area contributed by atoms with Gasteiger partial charge < -0.3 is 10.1 Å².